The summed E-state index contributed by atoms with van der Waals surface area (Å²) in [5.41, 5.74) is 8.14. The second-order valence-corrected chi connectivity index (χ2v) is 5.33. The van der Waals surface area contributed by atoms with Crippen LogP contribution in [0.4, 0.5) is 10.1 Å². The lowest BCUT2D eigenvalue weighted by Crippen LogP contribution is -1.95. The predicted octanol–water partition coefficient (Wildman–Crippen LogP) is 4.57. The number of halogens is 3. The molecule has 21 heavy (non-hydrogen) atoms. The lowest BCUT2D eigenvalue weighted by Gasteiger charge is -2.03. The van der Waals surface area contributed by atoms with Gasteiger partial charge in [0, 0.05) is 10.6 Å². The van der Waals surface area contributed by atoms with Crippen molar-refractivity contribution in [3.05, 3.63) is 64.5 Å². The second-order valence-electron chi connectivity index (χ2n) is 4.48. The first-order valence-corrected chi connectivity index (χ1v) is 6.87. The number of aromatic nitrogens is 2. The highest BCUT2D eigenvalue weighted by Crippen LogP contribution is 2.33. The molecule has 3 rings (SSSR count). The summed E-state index contributed by atoms with van der Waals surface area (Å²) in [6.07, 6.45) is 1.61. The topological polar surface area (TPSA) is 43.8 Å². The third-order valence-electron chi connectivity index (χ3n) is 3.00. The summed E-state index contributed by atoms with van der Waals surface area (Å²) in [5, 5.41) is 5.41. The molecule has 1 heterocycles. The largest absolute Gasteiger partial charge is 0.396 e. The number of nitrogens with two attached hydrogens (primary N) is 1. The number of anilines is 1. The average Bonchev–Trinajstić information content (AvgIpc) is 2.83. The Hall–Kier alpha value is -2.04. The maximum Gasteiger partial charge on any atom is 0.125 e. The summed E-state index contributed by atoms with van der Waals surface area (Å²) >= 11 is 12.1. The zero-order chi connectivity index (χ0) is 15.0. The van der Waals surface area contributed by atoms with Gasteiger partial charge in [0.15, 0.2) is 0 Å². The highest BCUT2D eigenvalue weighted by atomic mass is 35.5. The molecule has 0 saturated carbocycles. The SMILES string of the molecule is Nc1cn(-c2cccc(F)c2)nc1-c1cc(Cl)ccc1Cl. The molecule has 6 heteroatoms. The van der Waals surface area contributed by atoms with Gasteiger partial charge in [-0.2, -0.15) is 5.10 Å². The summed E-state index contributed by atoms with van der Waals surface area (Å²) < 4.78 is 14.8. The van der Waals surface area contributed by atoms with Gasteiger partial charge in [0.05, 0.1) is 22.6 Å². The zero-order valence-electron chi connectivity index (χ0n) is 10.7. The quantitative estimate of drug-likeness (QED) is 0.751. The van der Waals surface area contributed by atoms with Gasteiger partial charge in [-0.1, -0.05) is 29.3 Å². The number of hydrogen-bond donors (Lipinski definition) is 1. The van der Waals surface area contributed by atoms with E-state index in [0.29, 0.717) is 32.7 Å². The Bertz CT molecular complexity index is 814. The van der Waals surface area contributed by atoms with Crippen LogP contribution >= 0.6 is 23.2 Å². The van der Waals surface area contributed by atoms with Gasteiger partial charge in [0.2, 0.25) is 0 Å². The molecule has 0 aliphatic carbocycles. The van der Waals surface area contributed by atoms with E-state index < -0.39 is 0 Å². The van der Waals surface area contributed by atoms with E-state index in [9.17, 15) is 4.39 Å². The van der Waals surface area contributed by atoms with Crippen LogP contribution in [0.1, 0.15) is 0 Å². The molecule has 2 aromatic carbocycles. The van der Waals surface area contributed by atoms with Gasteiger partial charge >= 0.3 is 0 Å². The van der Waals surface area contributed by atoms with Crippen LogP contribution in [0.25, 0.3) is 16.9 Å². The van der Waals surface area contributed by atoms with Crippen LogP contribution in [0.15, 0.2) is 48.7 Å². The third kappa shape index (κ3) is 2.73. The Morgan fingerprint density at radius 1 is 1.10 bits per heavy atom. The fourth-order valence-electron chi connectivity index (χ4n) is 2.03. The standard InChI is InChI=1S/C15H10Cl2FN3/c16-9-4-5-13(17)12(6-9)15-14(19)8-21(20-15)11-3-1-2-10(18)7-11/h1-8H,19H2. The number of rotatable bonds is 2. The molecule has 0 spiro atoms. The van der Waals surface area contributed by atoms with E-state index in [4.69, 9.17) is 28.9 Å². The molecular formula is C15H10Cl2FN3. The number of nitrogen functional groups attached to an aromatic ring is 1. The minimum Gasteiger partial charge on any atom is -0.396 e. The fraction of sp³-hybridized carbons (Fsp3) is 0. The number of nitrogens with zero attached hydrogens (tertiary/aromatic N) is 2. The highest BCUT2D eigenvalue weighted by Gasteiger charge is 2.13. The van der Waals surface area contributed by atoms with Crippen molar-refractivity contribution >= 4 is 28.9 Å². The van der Waals surface area contributed by atoms with Gasteiger partial charge in [-0.15, -0.1) is 0 Å². The molecule has 0 saturated heterocycles. The molecule has 3 nitrogen and oxygen atoms in total. The maximum absolute atomic E-state index is 13.3. The minimum absolute atomic E-state index is 0.344. The van der Waals surface area contributed by atoms with Crippen molar-refractivity contribution in [2.24, 2.45) is 0 Å². The van der Waals surface area contributed by atoms with Crippen molar-refractivity contribution < 1.29 is 4.39 Å². The van der Waals surface area contributed by atoms with Gasteiger partial charge in [0.25, 0.3) is 0 Å². The van der Waals surface area contributed by atoms with Crippen molar-refractivity contribution in [3.8, 4) is 16.9 Å². The molecule has 0 radical (unpaired) electrons. The molecule has 0 atom stereocenters. The van der Waals surface area contributed by atoms with Crippen molar-refractivity contribution in [2.45, 2.75) is 0 Å². The first-order chi connectivity index (χ1) is 10.0. The van der Waals surface area contributed by atoms with Crippen molar-refractivity contribution in [1.82, 2.24) is 9.78 Å². The first kappa shape index (κ1) is 13.9. The minimum atomic E-state index is -0.344. The lowest BCUT2D eigenvalue weighted by atomic mass is 10.1. The molecule has 1 aromatic heterocycles. The van der Waals surface area contributed by atoms with E-state index in [0.717, 1.165) is 0 Å². The molecule has 0 unspecified atom stereocenters. The third-order valence-corrected chi connectivity index (χ3v) is 3.56. The van der Waals surface area contributed by atoms with Crippen LogP contribution < -0.4 is 5.73 Å². The molecule has 3 aromatic rings. The molecule has 0 bridgehead atoms. The average molecular weight is 322 g/mol. The Kier molecular flexibility index (Phi) is 3.57. The summed E-state index contributed by atoms with van der Waals surface area (Å²) in [4.78, 5) is 0. The zero-order valence-corrected chi connectivity index (χ0v) is 12.2. The Balaban J connectivity index is 2.12. The molecule has 0 fully saturated rings. The summed E-state index contributed by atoms with van der Waals surface area (Å²) in [5.74, 6) is -0.344. The first-order valence-electron chi connectivity index (χ1n) is 6.11. The van der Waals surface area contributed by atoms with Crippen LogP contribution in [0, 0.1) is 5.82 Å². The summed E-state index contributed by atoms with van der Waals surface area (Å²) in [6, 6.07) is 11.1. The highest BCUT2D eigenvalue weighted by molar-refractivity contribution is 6.35. The molecule has 0 amide bonds. The summed E-state index contributed by atoms with van der Waals surface area (Å²) in [7, 11) is 0. The van der Waals surface area contributed by atoms with Crippen LogP contribution in [0.5, 0.6) is 0 Å². The van der Waals surface area contributed by atoms with E-state index in [1.54, 1.807) is 36.5 Å². The maximum atomic E-state index is 13.3. The molecule has 0 aliphatic heterocycles. The van der Waals surface area contributed by atoms with E-state index >= 15 is 0 Å². The van der Waals surface area contributed by atoms with Crippen molar-refractivity contribution in [3.63, 3.8) is 0 Å². The molecular weight excluding hydrogens is 312 g/mol. The number of benzene rings is 2. The van der Waals surface area contributed by atoms with Crippen molar-refractivity contribution in [2.75, 3.05) is 5.73 Å². The predicted molar refractivity (Wildman–Crippen MR) is 83.4 cm³/mol. The van der Waals surface area contributed by atoms with Gasteiger partial charge in [-0.25, -0.2) is 9.07 Å². The van der Waals surface area contributed by atoms with Crippen LogP contribution in [-0.4, -0.2) is 9.78 Å². The smallest absolute Gasteiger partial charge is 0.125 e. The van der Waals surface area contributed by atoms with Crippen LogP contribution in [0.2, 0.25) is 10.0 Å². The van der Waals surface area contributed by atoms with E-state index in [2.05, 4.69) is 5.10 Å². The van der Waals surface area contributed by atoms with E-state index in [-0.39, 0.29) is 5.82 Å². The monoisotopic (exact) mass is 321 g/mol. The van der Waals surface area contributed by atoms with Gasteiger partial charge < -0.3 is 5.73 Å². The van der Waals surface area contributed by atoms with E-state index in [1.807, 2.05) is 0 Å². The summed E-state index contributed by atoms with van der Waals surface area (Å²) in [6.45, 7) is 0. The van der Waals surface area contributed by atoms with E-state index in [1.165, 1.54) is 16.8 Å². The Labute approximate surface area is 130 Å². The normalized spacial score (nSPS) is 10.8. The van der Waals surface area contributed by atoms with Gasteiger partial charge in [-0.3, -0.25) is 0 Å². The van der Waals surface area contributed by atoms with Crippen LogP contribution in [0.3, 0.4) is 0 Å². The molecule has 106 valence electrons. The number of hydrogen-bond acceptors (Lipinski definition) is 2. The Morgan fingerprint density at radius 2 is 1.90 bits per heavy atom. The second kappa shape index (κ2) is 5.39. The van der Waals surface area contributed by atoms with Gasteiger partial charge in [-0.05, 0) is 36.4 Å². The van der Waals surface area contributed by atoms with Crippen LogP contribution in [-0.2, 0) is 0 Å². The molecule has 0 aliphatic rings. The Morgan fingerprint density at radius 3 is 2.67 bits per heavy atom. The lowest BCUT2D eigenvalue weighted by molar-refractivity contribution is 0.625. The van der Waals surface area contributed by atoms with Crippen molar-refractivity contribution in [1.29, 1.82) is 0 Å². The molecule has 2 N–H and O–H groups in total. The fourth-order valence-corrected chi connectivity index (χ4v) is 2.41. The van der Waals surface area contributed by atoms with Gasteiger partial charge in [0.1, 0.15) is 11.5 Å².